The van der Waals surface area contributed by atoms with Gasteiger partial charge in [0.05, 0.1) is 19.0 Å². The summed E-state index contributed by atoms with van der Waals surface area (Å²) >= 11 is 0. The molecular weight excluding hydrogens is 392 g/mol. The van der Waals surface area contributed by atoms with E-state index in [2.05, 4.69) is 32.1 Å². The van der Waals surface area contributed by atoms with Crippen molar-refractivity contribution < 1.29 is 10.2 Å². The number of phenols is 1. The van der Waals surface area contributed by atoms with E-state index in [1.54, 1.807) is 12.4 Å². The van der Waals surface area contributed by atoms with Gasteiger partial charge >= 0.3 is 0 Å². The summed E-state index contributed by atoms with van der Waals surface area (Å²) in [5, 5.41) is 26.5. The van der Waals surface area contributed by atoms with Crippen molar-refractivity contribution in [3.05, 3.63) is 35.7 Å². The Bertz CT molecular complexity index is 1000. The Morgan fingerprint density at radius 2 is 1.97 bits per heavy atom. The number of imidazole rings is 1. The van der Waals surface area contributed by atoms with Crippen LogP contribution in [-0.4, -0.2) is 42.4 Å². The van der Waals surface area contributed by atoms with Gasteiger partial charge in [-0.2, -0.15) is 9.97 Å². The maximum Gasteiger partial charge on any atom is 0.227 e. The van der Waals surface area contributed by atoms with Crippen molar-refractivity contribution in [3.63, 3.8) is 0 Å². The number of aromatic hydroxyl groups is 1. The fourth-order valence-electron chi connectivity index (χ4n) is 3.45. The third kappa shape index (κ3) is 5.64. The molecule has 0 amide bonds. The number of unbranched alkanes of at least 4 members (excludes halogenated alkanes) is 2. The first-order chi connectivity index (χ1) is 14.9. The minimum atomic E-state index is -0.150. The zero-order chi connectivity index (χ0) is 22.4. The number of benzene rings is 1. The first kappa shape index (κ1) is 22.8. The number of aromatic nitrogens is 4. The van der Waals surface area contributed by atoms with Crippen LogP contribution in [0.5, 0.6) is 5.75 Å². The van der Waals surface area contributed by atoms with Crippen LogP contribution in [0, 0.1) is 12.8 Å². The largest absolute Gasteiger partial charge is 0.508 e. The van der Waals surface area contributed by atoms with Crippen molar-refractivity contribution in [2.75, 3.05) is 17.2 Å². The van der Waals surface area contributed by atoms with Crippen LogP contribution < -0.4 is 10.6 Å². The molecule has 0 aliphatic rings. The van der Waals surface area contributed by atoms with Crippen molar-refractivity contribution in [2.45, 2.75) is 66.1 Å². The molecule has 31 heavy (non-hydrogen) atoms. The predicted octanol–water partition coefficient (Wildman–Crippen LogP) is 4.07. The van der Waals surface area contributed by atoms with Crippen LogP contribution in [0.3, 0.4) is 0 Å². The first-order valence-electron chi connectivity index (χ1n) is 11.1. The number of nitrogens with one attached hydrogen (secondary N) is 2. The number of nitrogens with zero attached hydrogens (tertiary/aromatic N) is 4. The van der Waals surface area contributed by atoms with Crippen LogP contribution in [0.25, 0.3) is 11.2 Å². The molecule has 8 nitrogen and oxygen atoms in total. The van der Waals surface area contributed by atoms with Gasteiger partial charge in [0.25, 0.3) is 0 Å². The van der Waals surface area contributed by atoms with Gasteiger partial charge in [-0.1, -0.05) is 51.3 Å². The Morgan fingerprint density at radius 1 is 1.16 bits per heavy atom. The van der Waals surface area contributed by atoms with Gasteiger partial charge in [0.15, 0.2) is 17.0 Å². The quantitative estimate of drug-likeness (QED) is 0.342. The van der Waals surface area contributed by atoms with Gasteiger partial charge in [-0.25, -0.2) is 4.98 Å². The van der Waals surface area contributed by atoms with E-state index in [9.17, 15) is 10.2 Å². The zero-order valence-electron chi connectivity index (χ0n) is 18.9. The topological polar surface area (TPSA) is 108 Å². The number of aliphatic hydroxyl groups excluding tert-OH is 1. The van der Waals surface area contributed by atoms with Crippen LogP contribution in [-0.2, 0) is 13.1 Å². The number of rotatable bonds is 11. The van der Waals surface area contributed by atoms with Gasteiger partial charge in [-0.05, 0) is 25.3 Å². The molecule has 0 radical (unpaired) electrons. The lowest BCUT2D eigenvalue weighted by atomic mass is 10.1. The van der Waals surface area contributed by atoms with Crippen LogP contribution in [0.4, 0.5) is 11.8 Å². The third-order valence-electron chi connectivity index (χ3n) is 5.46. The van der Waals surface area contributed by atoms with Crippen LogP contribution in [0.1, 0.15) is 51.2 Å². The highest BCUT2D eigenvalue weighted by Crippen LogP contribution is 2.25. The molecule has 1 aromatic carbocycles. The van der Waals surface area contributed by atoms with E-state index in [1.165, 1.54) is 0 Å². The number of hydrogen-bond donors (Lipinski definition) is 4. The number of phenolic OH excluding ortho intramolecular Hbond substituents is 1. The number of aliphatic hydroxyl groups is 1. The Kier molecular flexibility index (Phi) is 7.68. The molecule has 8 heteroatoms. The van der Waals surface area contributed by atoms with E-state index < -0.39 is 0 Å². The second-order valence-corrected chi connectivity index (χ2v) is 8.38. The lowest BCUT2D eigenvalue weighted by molar-refractivity contribution is 0.248. The fraction of sp³-hybridized carbons (Fsp3) is 0.522. The smallest absolute Gasteiger partial charge is 0.227 e. The second-order valence-electron chi connectivity index (χ2n) is 8.38. The number of hydrogen-bond acceptors (Lipinski definition) is 7. The van der Waals surface area contributed by atoms with Crippen LogP contribution >= 0.6 is 0 Å². The average Bonchev–Trinajstić information content (AvgIpc) is 3.15. The van der Waals surface area contributed by atoms with Gasteiger partial charge in [0.2, 0.25) is 5.95 Å². The number of fused-ring (bicyclic) bond motifs is 1. The lowest BCUT2D eigenvalue weighted by Gasteiger charge is -2.20. The summed E-state index contributed by atoms with van der Waals surface area (Å²) in [6.45, 7) is 9.51. The molecule has 1 unspecified atom stereocenters. The summed E-state index contributed by atoms with van der Waals surface area (Å²) in [4.78, 5) is 13.9. The molecule has 1 atom stereocenters. The molecule has 0 saturated heterocycles. The minimum absolute atomic E-state index is 0.00521. The third-order valence-corrected chi connectivity index (χ3v) is 5.46. The van der Waals surface area contributed by atoms with Gasteiger partial charge in [-0.3, -0.25) is 0 Å². The monoisotopic (exact) mass is 426 g/mol. The first-order valence-corrected chi connectivity index (χ1v) is 11.1. The lowest BCUT2D eigenvalue weighted by Crippen LogP contribution is -2.30. The summed E-state index contributed by atoms with van der Waals surface area (Å²) in [7, 11) is 0. The van der Waals surface area contributed by atoms with Crippen LogP contribution in [0.15, 0.2) is 24.5 Å². The van der Waals surface area contributed by atoms with Crippen molar-refractivity contribution in [1.29, 1.82) is 0 Å². The van der Waals surface area contributed by atoms with Gasteiger partial charge in [0, 0.05) is 18.7 Å². The Labute approximate surface area is 183 Å². The van der Waals surface area contributed by atoms with Crippen LogP contribution in [0.2, 0.25) is 0 Å². The molecule has 0 aliphatic heterocycles. The molecule has 4 N–H and O–H groups in total. The molecule has 0 fully saturated rings. The second kappa shape index (κ2) is 10.4. The molecular formula is C23H34N6O2. The molecule has 2 aromatic heterocycles. The molecule has 3 aromatic rings. The summed E-state index contributed by atoms with van der Waals surface area (Å²) in [5.41, 5.74) is 3.32. The maximum atomic E-state index is 10.2. The molecule has 0 aliphatic carbocycles. The van der Waals surface area contributed by atoms with Gasteiger partial charge in [-0.15, -0.1) is 0 Å². The molecule has 168 valence electrons. The average molecular weight is 427 g/mol. The minimum Gasteiger partial charge on any atom is -0.508 e. The molecule has 0 bridgehead atoms. The Balaban J connectivity index is 1.94. The summed E-state index contributed by atoms with van der Waals surface area (Å²) in [6.07, 6.45) is 5.15. The van der Waals surface area contributed by atoms with E-state index in [-0.39, 0.29) is 24.3 Å². The normalized spacial score (nSPS) is 12.5. The van der Waals surface area contributed by atoms with E-state index in [1.807, 2.05) is 32.9 Å². The SMILES string of the molecule is CCCCCn1cnc2c(NCc3cc(C)ccc3O)nc(NC(CO)C(C)C)nc21. The highest BCUT2D eigenvalue weighted by molar-refractivity contribution is 5.84. The summed E-state index contributed by atoms with van der Waals surface area (Å²) in [5.74, 6) is 1.52. The van der Waals surface area contributed by atoms with E-state index >= 15 is 0 Å². The van der Waals surface area contributed by atoms with Crippen molar-refractivity contribution in [3.8, 4) is 5.75 Å². The fourth-order valence-corrected chi connectivity index (χ4v) is 3.45. The highest BCUT2D eigenvalue weighted by Gasteiger charge is 2.18. The molecule has 3 rings (SSSR count). The summed E-state index contributed by atoms with van der Waals surface area (Å²) < 4.78 is 2.05. The maximum absolute atomic E-state index is 10.2. The standard InChI is InChI=1S/C23H34N6O2/c1-5-6-7-10-29-14-25-20-21(24-12-17-11-16(4)8-9-19(17)31)27-23(28-22(20)29)26-18(13-30)15(2)3/h8-9,11,14-15,18,30-31H,5-7,10,12-13H2,1-4H3,(H2,24,26,27,28). The predicted molar refractivity (Wildman–Crippen MR) is 124 cm³/mol. The molecule has 0 saturated carbocycles. The Morgan fingerprint density at radius 3 is 2.68 bits per heavy atom. The van der Waals surface area contributed by atoms with E-state index in [4.69, 9.17) is 4.98 Å². The van der Waals surface area contributed by atoms with E-state index in [0.717, 1.165) is 42.6 Å². The molecule has 2 heterocycles. The summed E-state index contributed by atoms with van der Waals surface area (Å²) in [6, 6.07) is 5.38. The van der Waals surface area contributed by atoms with Gasteiger partial charge in [0.1, 0.15) is 5.75 Å². The van der Waals surface area contributed by atoms with Crippen molar-refractivity contribution >= 4 is 22.9 Å². The Hall–Kier alpha value is -2.87. The number of anilines is 2. The molecule has 0 spiro atoms. The van der Waals surface area contributed by atoms with Crippen molar-refractivity contribution in [2.24, 2.45) is 5.92 Å². The van der Waals surface area contributed by atoms with E-state index in [0.29, 0.717) is 23.8 Å². The number of aryl methyl sites for hydroxylation is 2. The zero-order valence-corrected chi connectivity index (χ0v) is 18.9. The van der Waals surface area contributed by atoms with Crippen molar-refractivity contribution in [1.82, 2.24) is 19.5 Å². The highest BCUT2D eigenvalue weighted by atomic mass is 16.3. The van der Waals surface area contributed by atoms with Gasteiger partial charge < -0.3 is 25.4 Å².